The Bertz CT molecular complexity index is 1030. The van der Waals surface area contributed by atoms with Crippen LogP contribution in [0.3, 0.4) is 0 Å². The number of rotatable bonds is 0. The molecule has 0 aliphatic carbocycles. The molecule has 20 heavy (non-hydrogen) atoms. The van der Waals surface area contributed by atoms with Crippen molar-refractivity contribution < 1.29 is 18.7 Å². The lowest BCUT2D eigenvalue weighted by atomic mass is 9.99. The Hall–Kier alpha value is -3.02. The fourth-order valence-corrected chi connectivity index (χ4v) is 2.48. The SMILES string of the molecule is O=C1OC(=O)c2ccc3cc1c1cc3c2c(=O)oc1=O. The third-order valence-electron chi connectivity index (χ3n) is 3.39. The van der Waals surface area contributed by atoms with E-state index >= 15 is 0 Å². The minimum Gasteiger partial charge on any atom is -0.386 e. The maximum absolute atomic E-state index is 12.0. The van der Waals surface area contributed by atoms with E-state index < -0.39 is 23.2 Å². The van der Waals surface area contributed by atoms with Crippen molar-refractivity contribution in [2.75, 3.05) is 0 Å². The molecular formula is C14H4O6. The molecule has 6 nitrogen and oxygen atoms in total. The first-order chi connectivity index (χ1) is 9.56. The maximum Gasteiger partial charge on any atom is 0.347 e. The third kappa shape index (κ3) is 1.17. The second-order valence-corrected chi connectivity index (χ2v) is 4.46. The second kappa shape index (κ2) is 3.30. The van der Waals surface area contributed by atoms with Crippen LogP contribution in [0.1, 0.15) is 20.7 Å². The summed E-state index contributed by atoms with van der Waals surface area (Å²) in [5, 5.41) is 0.812. The molecule has 2 aliphatic heterocycles. The van der Waals surface area contributed by atoms with E-state index in [1.54, 1.807) is 6.07 Å². The average molecular weight is 268 g/mol. The van der Waals surface area contributed by atoms with E-state index in [1.165, 1.54) is 18.2 Å². The van der Waals surface area contributed by atoms with Crippen molar-refractivity contribution in [2.45, 2.75) is 0 Å². The van der Waals surface area contributed by atoms with Gasteiger partial charge in [-0.2, -0.15) is 0 Å². The van der Waals surface area contributed by atoms with Gasteiger partial charge < -0.3 is 9.15 Å². The van der Waals surface area contributed by atoms with Gasteiger partial charge in [-0.05, 0) is 29.0 Å². The lowest BCUT2D eigenvalue weighted by Crippen LogP contribution is -2.17. The number of benzene rings is 2. The summed E-state index contributed by atoms with van der Waals surface area (Å²) in [6, 6.07) is 5.76. The Morgan fingerprint density at radius 1 is 0.750 bits per heavy atom. The first kappa shape index (κ1) is 10.9. The van der Waals surface area contributed by atoms with Gasteiger partial charge in [-0.1, -0.05) is 6.07 Å². The van der Waals surface area contributed by atoms with E-state index in [0.29, 0.717) is 10.8 Å². The minimum atomic E-state index is -0.938. The lowest BCUT2D eigenvalue weighted by molar-refractivity contribution is 0.0400. The smallest absolute Gasteiger partial charge is 0.347 e. The van der Waals surface area contributed by atoms with E-state index in [4.69, 9.17) is 0 Å². The molecule has 0 atom stereocenters. The van der Waals surface area contributed by atoms with Crippen molar-refractivity contribution in [3.8, 4) is 0 Å². The van der Waals surface area contributed by atoms with Gasteiger partial charge in [-0.3, -0.25) is 0 Å². The summed E-state index contributed by atoms with van der Waals surface area (Å²) in [4.78, 5) is 47.7. The molecule has 6 heteroatoms. The van der Waals surface area contributed by atoms with E-state index in [0.717, 1.165) is 0 Å². The molecule has 3 aromatic rings. The van der Waals surface area contributed by atoms with E-state index in [9.17, 15) is 19.2 Å². The summed E-state index contributed by atoms with van der Waals surface area (Å²) in [7, 11) is 0. The molecule has 2 aliphatic rings. The zero-order valence-corrected chi connectivity index (χ0v) is 9.76. The van der Waals surface area contributed by atoms with E-state index in [1.807, 2.05) is 0 Å². The molecule has 0 N–H and O–H groups in total. The van der Waals surface area contributed by atoms with Crippen LogP contribution in [0.25, 0.3) is 21.5 Å². The van der Waals surface area contributed by atoms with Crippen LogP contribution in [-0.4, -0.2) is 11.9 Å². The van der Waals surface area contributed by atoms with Crippen LogP contribution >= 0.6 is 0 Å². The molecule has 5 bridgehead atoms. The normalized spacial score (nSPS) is 14.0. The predicted molar refractivity (Wildman–Crippen MR) is 67.2 cm³/mol. The number of hydrogen-bond donors (Lipinski definition) is 0. The van der Waals surface area contributed by atoms with Crippen LogP contribution in [0, 0.1) is 0 Å². The monoisotopic (exact) mass is 268 g/mol. The second-order valence-electron chi connectivity index (χ2n) is 4.46. The first-order valence-corrected chi connectivity index (χ1v) is 5.70. The molecule has 0 saturated carbocycles. The standard InChI is InChI=1S/C14H4O6/c15-11-6-2-1-5-3-8(12(16)19-11)9-4-7(5)10(6)14(18)20-13(9)17/h1-4H. The van der Waals surface area contributed by atoms with E-state index in [-0.39, 0.29) is 21.9 Å². The summed E-state index contributed by atoms with van der Waals surface area (Å²) in [6.45, 7) is 0. The Morgan fingerprint density at radius 2 is 1.50 bits per heavy atom. The highest BCUT2D eigenvalue weighted by molar-refractivity contribution is 6.18. The fraction of sp³-hybridized carbons (Fsp3) is 0. The van der Waals surface area contributed by atoms with Crippen molar-refractivity contribution >= 4 is 33.5 Å². The number of carbonyl (C=O) groups is 2. The highest BCUT2D eigenvalue weighted by atomic mass is 16.6. The largest absolute Gasteiger partial charge is 0.386 e. The molecule has 1 aromatic heterocycles. The Morgan fingerprint density at radius 3 is 2.30 bits per heavy atom. The lowest BCUT2D eigenvalue weighted by Gasteiger charge is -2.01. The highest BCUT2D eigenvalue weighted by Gasteiger charge is 2.26. The molecule has 96 valence electrons. The summed E-state index contributed by atoms with van der Waals surface area (Å²) in [5.74, 6) is -1.88. The quantitative estimate of drug-likeness (QED) is 0.447. The van der Waals surface area contributed by atoms with Gasteiger partial charge in [0.25, 0.3) is 0 Å². The van der Waals surface area contributed by atoms with E-state index in [2.05, 4.69) is 9.15 Å². The van der Waals surface area contributed by atoms with Gasteiger partial charge in [0.1, 0.15) is 0 Å². The van der Waals surface area contributed by atoms with Gasteiger partial charge in [0.2, 0.25) is 0 Å². The minimum absolute atomic E-state index is 0.0548. The third-order valence-corrected chi connectivity index (χ3v) is 3.39. The van der Waals surface area contributed by atoms with Crippen LogP contribution < -0.4 is 11.3 Å². The van der Waals surface area contributed by atoms with Gasteiger partial charge in [0.15, 0.2) is 0 Å². The van der Waals surface area contributed by atoms with Crippen molar-refractivity contribution in [3.05, 3.63) is 56.2 Å². The van der Waals surface area contributed by atoms with Crippen molar-refractivity contribution in [1.82, 2.24) is 0 Å². The number of fused-ring (bicyclic) bond motifs is 4. The number of carbonyl (C=O) groups excluding carboxylic acids is 2. The molecule has 0 radical (unpaired) electrons. The molecule has 0 unspecified atom stereocenters. The van der Waals surface area contributed by atoms with Gasteiger partial charge in [-0.25, -0.2) is 19.2 Å². The fourth-order valence-electron chi connectivity index (χ4n) is 2.48. The van der Waals surface area contributed by atoms with Crippen LogP contribution in [0.15, 0.2) is 38.3 Å². The number of esters is 2. The van der Waals surface area contributed by atoms with Crippen LogP contribution in [-0.2, 0) is 4.74 Å². The van der Waals surface area contributed by atoms with Gasteiger partial charge in [0.05, 0.1) is 21.9 Å². The summed E-state index contributed by atoms with van der Waals surface area (Å²) < 4.78 is 9.35. The molecule has 2 aromatic carbocycles. The van der Waals surface area contributed by atoms with Crippen molar-refractivity contribution in [2.24, 2.45) is 0 Å². The average Bonchev–Trinajstić information content (AvgIpc) is 2.45. The van der Waals surface area contributed by atoms with Crippen LogP contribution in [0.5, 0.6) is 0 Å². The van der Waals surface area contributed by atoms with Crippen molar-refractivity contribution in [3.63, 3.8) is 0 Å². The number of ether oxygens (including phenoxy) is 1. The molecule has 0 fully saturated rings. The van der Waals surface area contributed by atoms with Gasteiger partial charge in [-0.15, -0.1) is 0 Å². The zero-order chi connectivity index (χ0) is 14.0. The topological polar surface area (TPSA) is 90.7 Å². The molecule has 0 spiro atoms. The van der Waals surface area contributed by atoms with Gasteiger partial charge >= 0.3 is 23.2 Å². The molecule has 3 heterocycles. The Labute approximate surface area is 109 Å². The molecule has 0 saturated heterocycles. The maximum atomic E-state index is 12.0. The molecule has 0 amide bonds. The molecule has 5 rings (SSSR count). The summed E-state index contributed by atoms with van der Waals surface area (Å²) >= 11 is 0. The van der Waals surface area contributed by atoms with Crippen molar-refractivity contribution in [1.29, 1.82) is 0 Å². The molecular weight excluding hydrogens is 264 g/mol. The van der Waals surface area contributed by atoms with Crippen LogP contribution in [0.2, 0.25) is 0 Å². The predicted octanol–water partition coefficient (Wildman–Crippen LogP) is 1.05. The summed E-state index contributed by atoms with van der Waals surface area (Å²) in [5.41, 5.74) is -2.04. The van der Waals surface area contributed by atoms with Gasteiger partial charge in [0, 0.05) is 0 Å². The summed E-state index contributed by atoms with van der Waals surface area (Å²) in [6.07, 6.45) is 0. The Balaban J connectivity index is 2.52. The zero-order valence-electron chi connectivity index (χ0n) is 9.76. The Kier molecular flexibility index (Phi) is 1.79. The van der Waals surface area contributed by atoms with Crippen LogP contribution in [0.4, 0.5) is 0 Å². The number of hydrogen-bond acceptors (Lipinski definition) is 6. The first-order valence-electron chi connectivity index (χ1n) is 5.70. The highest BCUT2D eigenvalue weighted by Crippen LogP contribution is 2.28.